The van der Waals surface area contributed by atoms with Crippen LogP contribution < -0.4 is 27.4 Å². The van der Waals surface area contributed by atoms with Gasteiger partial charge in [-0.15, -0.1) is 0 Å². The third-order valence-corrected chi connectivity index (χ3v) is 7.38. The van der Waals surface area contributed by atoms with Crippen molar-refractivity contribution in [3.05, 3.63) is 94.2 Å². The van der Waals surface area contributed by atoms with Crippen molar-refractivity contribution in [1.82, 2.24) is 13.7 Å². The van der Waals surface area contributed by atoms with Gasteiger partial charge in [-0.1, -0.05) is 6.07 Å². The zero-order valence-electron chi connectivity index (χ0n) is 20.6. The first kappa shape index (κ1) is 26.7. The molecule has 202 valence electrons. The van der Waals surface area contributed by atoms with E-state index in [1.165, 1.54) is 55.3 Å². The Morgan fingerprint density at radius 1 is 1.10 bits per heavy atom. The monoisotopic (exact) mass is 651 g/mol. The number of amides is 1. The Kier molecular flexibility index (Phi) is 6.64. The summed E-state index contributed by atoms with van der Waals surface area (Å²) < 4.78 is 46.1. The van der Waals surface area contributed by atoms with E-state index in [0.717, 1.165) is 9.13 Å². The van der Waals surface area contributed by atoms with E-state index in [2.05, 4.69) is 0 Å². The number of hydrogen-bond donors (Lipinski definition) is 1. The number of primary amides is 1. The number of carbonyl (C=O) groups excluding carboxylic acids is 1. The van der Waals surface area contributed by atoms with E-state index in [-0.39, 0.29) is 49.8 Å². The maximum absolute atomic E-state index is 15.3. The molecule has 0 bridgehead atoms. The van der Waals surface area contributed by atoms with Gasteiger partial charge in [-0.3, -0.25) is 23.5 Å². The molecule has 2 aromatic carbocycles. The van der Waals surface area contributed by atoms with Crippen LogP contribution in [0.15, 0.2) is 56.8 Å². The van der Waals surface area contributed by atoms with Crippen molar-refractivity contribution in [2.24, 2.45) is 12.8 Å². The average Bonchev–Trinajstić information content (AvgIpc) is 3.71. The van der Waals surface area contributed by atoms with Gasteiger partial charge in [0.25, 0.3) is 11.1 Å². The zero-order valence-corrected chi connectivity index (χ0v) is 22.8. The van der Waals surface area contributed by atoms with E-state index >= 15 is 4.39 Å². The number of anilines is 2. The number of aryl methyl sites for hydroxylation is 1. The van der Waals surface area contributed by atoms with Crippen LogP contribution in [0.2, 0.25) is 0 Å². The van der Waals surface area contributed by atoms with Gasteiger partial charge in [0.2, 0.25) is 5.91 Å². The summed E-state index contributed by atoms with van der Waals surface area (Å²) in [6.07, 6.45) is 1.19. The third kappa shape index (κ3) is 4.33. The van der Waals surface area contributed by atoms with E-state index in [1.54, 1.807) is 6.07 Å². The molecule has 13 heteroatoms. The van der Waals surface area contributed by atoms with Crippen LogP contribution in [0.5, 0.6) is 0 Å². The van der Waals surface area contributed by atoms with Gasteiger partial charge in [0.15, 0.2) is 0 Å². The van der Waals surface area contributed by atoms with Gasteiger partial charge in [0, 0.05) is 27.8 Å². The predicted molar refractivity (Wildman–Crippen MR) is 148 cm³/mol. The van der Waals surface area contributed by atoms with E-state index in [1.807, 2.05) is 22.6 Å². The number of hydrogen-bond acceptors (Lipinski definition) is 5. The summed E-state index contributed by atoms with van der Waals surface area (Å²) in [7, 11) is 1.36. The van der Waals surface area contributed by atoms with Gasteiger partial charge in [0.05, 0.1) is 16.9 Å². The van der Waals surface area contributed by atoms with Gasteiger partial charge < -0.3 is 10.6 Å². The molecule has 0 radical (unpaired) electrons. The second-order valence-corrected chi connectivity index (χ2v) is 10.5. The minimum Gasteiger partial charge on any atom is -0.366 e. The Bertz CT molecular complexity index is 1860. The van der Waals surface area contributed by atoms with Crippen molar-refractivity contribution in [3.8, 4) is 5.69 Å². The highest BCUT2D eigenvalue weighted by Crippen LogP contribution is 2.41. The first-order valence-corrected chi connectivity index (χ1v) is 12.9. The van der Waals surface area contributed by atoms with Crippen molar-refractivity contribution in [2.75, 3.05) is 4.90 Å². The van der Waals surface area contributed by atoms with Gasteiger partial charge in [0.1, 0.15) is 17.0 Å². The van der Waals surface area contributed by atoms with Crippen LogP contribution in [-0.4, -0.2) is 25.7 Å². The second-order valence-electron chi connectivity index (χ2n) is 9.22. The van der Waals surface area contributed by atoms with Crippen LogP contribution >= 0.6 is 22.6 Å². The minimum absolute atomic E-state index is 0.0235. The normalized spacial score (nSPS) is 13.3. The number of rotatable bonds is 6. The van der Waals surface area contributed by atoms with Crippen LogP contribution in [0.3, 0.4) is 0 Å². The summed E-state index contributed by atoms with van der Waals surface area (Å²) in [6, 6.07) is 9.42. The largest absolute Gasteiger partial charge is 0.366 e. The van der Waals surface area contributed by atoms with E-state index in [0.29, 0.717) is 16.4 Å². The smallest absolute Gasteiger partial charge is 0.340 e. The highest BCUT2D eigenvalue weighted by Gasteiger charge is 2.37. The maximum Gasteiger partial charge on any atom is 0.340 e. The number of carbonyl (C=O) groups is 1. The fourth-order valence-corrected chi connectivity index (χ4v) is 5.24. The van der Waals surface area contributed by atoms with E-state index in [4.69, 9.17) is 5.73 Å². The molecule has 1 aliphatic rings. The lowest BCUT2D eigenvalue weighted by Crippen LogP contribution is -2.43. The van der Waals surface area contributed by atoms with Crippen molar-refractivity contribution >= 4 is 50.9 Å². The molecule has 4 aromatic rings. The molecule has 39 heavy (non-hydrogen) atoms. The molecule has 2 N–H and O–H groups in total. The molecule has 2 aromatic heterocycles. The Labute approximate surface area is 232 Å². The summed E-state index contributed by atoms with van der Waals surface area (Å²) >= 11 is 1.94. The number of fused-ring (bicyclic) bond motifs is 1. The first-order chi connectivity index (χ1) is 18.4. The molecule has 5 rings (SSSR count). The highest BCUT2D eigenvalue weighted by atomic mass is 127. The SMILES string of the molecule is Cc1c(=O)n(C)c(N(c2ccc(I)cc2F)C2CC2)c2c(=O)n(C(F)F)c(=O)n(-c3cccc(C(N)=O)c3)c12. The number of nitrogens with zero attached hydrogens (tertiary/aromatic N) is 4. The Morgan fingerprint density at radius 2 is 1.79 bits per heavy atom. The van der Waals surface area contributed by atoms with E-state index < -0.39 is 35.1 Å². The molecule has 0 unspecified atom stereocenters. The zero-order chi connectivity index (χ0) is 28.3. The molecule has 1 amide bonds. The van der Waals surface area contributed by atoms with Crippen LogP contribution in [0.1, 0.15) is 35.3 Å². The van der Waals surface area contributed by atoms with Crippen molar-refractivity contribution in [3.63, 3.8) is 0 Å². The average molecular weight is 651 g/mol. The van der Waals surface area contributed by atoms with Crippen LogP contribution in [0.25, 0.3) is 16.6 Å². The molecule has 1 aliphatic carbocycles. The summed E-state index contributed by atoms with van der Waals surface area (Å²) in [5.74, 6) is -1.59. The van der Waals surface area contributed by atoms with Gasteiger partial charge in [-0.05, 0) is 78.8 Å². The summed E-state index contributed by atoms with van der Waals surface area (Å²) in [4.78, 5) is 53.9. The molecule has 0 saturated heterocycles. The molecular weight excluding hydrogens is 630 g/mol. The van der Waals surface area contributed by atoms with Crippen LogP contribution in [-0.2, 0) is 7.05 Å². The number of benzene rings is 2. The fraction of sp³-hybridized carbons (Fsp3) is 0.231. The Morgan fingerprint density at radius 3 is 2.38 bits per heavy atom. The Hall–Kier alpha value is -3.88. The van der Waals surface area contributed by atoms with Crippen molar-refractivity contribution in [1.29, 1.82) is 0 Å². The number of pyridine rings is 1. The number of nitrogens with two attached hydrogens (primary N) is 1. The fourth-order valence-electron chi connectivity index (χ4n) is 4.78. The highest BCUT2D eigenvalue weighted by molar-refractivity contribution is 14.1. The van der Waals surface area contributed by atoms with Gasteiger partial charge >= 0.3 is 12.2 Å². The third-order valence-electron chi connectivity index (χ3n) is 6.71. The van der Waals surface area contributed by atoms with Gasteiger partial charge in [-0.2, -0.15) is 13.3 Å². The molecule has 9 nitrogen and oxygen atoms in total. The Balaban J connectivity index is 2.02. The minimum atomic E-state index is -3.53. The van der Waals surface area contributed by atoms with Crippen molar-refractivity contribution < 1.29 is 18.0 Å². The standard InChI is InChI=1S/C26H21F3IN5O4/c1-12-20-19(22(32(2)23(12)37)33(15-7-8-15)18-9-6-14(30)11-17(18)27)24(38)35(25(28)29)26(39)34(20)16-5-3-4-13(10-16)21(31)36/h3-6,9-11,15,25H,7-8H2,1-2H3,(H2,31,36). The topological polar surface area (TPSA) is 112 Å². The predicted octanol–water partition coefficient (Wildman–Crippen LogP) is 3.70. The summed E-state index contributed by atoms with van der Waals surface area (Å²) in [5, 5.41) is -0.371. The van der Waals surface area contributed by atoms with E-state index in [9.17, 15) is 28.0 Å². The molecule has 1 saturated carbocycles. The molecular formula is C26H21F3IN5O4. The summed E-state index contributed by atoms with van der Waals surface area (Å²) in [6.45, 7) is -2.17. The van der Waals surface area contributed by atoms with Gasteiger partial charge in [-0.25, -0.2) is 9.18 Å². The number of halogens is 4. The van der Waals surface area contributed by atoms with Crippen molar-refractivity contribution in [2.45, 2.75) is 32.4 Å². The molecule has 1 fully saturated rings. The lowest BCUT2D eigenvalue weighted by molar-refractivity contribution is 0.0613. The van der Waals surface area contributed by atoms with Crippen LogP contribution in [0, 0.1) is 16.3 Å². The van der Waals surface area contributed by atoms with Crippen LogP contribution in [0.4, 0.5) is 24.7 Å². The lowest BCUT2D eigenvalue weighted by Gasteiger charge is -2.29. The second kappa shape index (κ2) is 9.70. The molecule has 2 heterocycles. The maximum atomic E-state index is 15.3. The quantitative estimate of drug-likeness (QED) is 0.320. The molecule has 0 spiro atoms. The number of alkyl halides is 2. The first-order valence-electron chi connectivity index (χ1n) is 11.8. The lowest BCUT2D eigenvalue weighted by atomic mass is 10.1. The number of aromatic nitrogens is 3. The molecule has 0 atom stereocenters. The molecule has 0 aliphatic heterocycles. The summed E-state index contributed by atoms with van der Waals surface area (Å²) in [5.41, 5.74) is 1.68.